The summed E-state index contributed by atoms with van der Waals surface area (Å²) in [4.78, 5) is 4.22. The molecule has 3 rings (SSSR count). The van der Waals surface area contributed by atoms with Crippen LogP contribution in [0.15, 0.2) is 42.9 Å². The van der Waals surface area contributed by atoms with Gasteiger partial charge in [0.1, 0.15) is 5.82 Å². The van der Waals surface area contributed by atoms with Crippen LogP contribution in [0.3, 0.4) is 0 Å². The number of imidazole rings is 1. The molecule has 0 saturated carbocycles. The van der Waals surface area contributed by atoms with Gasteiger partial charge in [0.15, 0.2) is 0 Å². The van der Waals surface area contributed by atoms with Gasteiger partial charge in [-0.2, -0.15) is 5.26 Å². The Morgan fingerprint density at radius 1 is 1.16 bits per heavy atom. The summed E-state index contributed by atoms with van der Waals surface area (Å²) in [6, 6.07) is 10.1. The first-order chi connectivity index (χ1) is 9.29. The summed E-state index contributed by atoms with van der Waals surface area (Å²) in [6.45, 7) is 3.75. The van der Waals surface area contributed by atoms with Gasteiger partial charge >= 0.3 is 0 Å². The summed E-state index contributed by atoms with van der Waals surface area (Å²) in [6.07, 6.45) is 5.84. The summed E-state index contributed by atoms with van der Waals surface area (Å²) in [5.74, 6) is 1.02. The summed E-state index contributed by atoms with van der Waals surface area (Å²) in [7, 11) is 0. The van der Waals surface area contributed by atoms with E-state index in [4.69, 9.17) is 5.26 Å². The topological polar surface area (TPSA) is 46.5 Å². The molecule has 4 nitrogen and oxygen atoms in total. The Balaban J connectivity index is 1.90. The van der Waals surface area contributed by atoms with Gasteiger partial charge in [-0.3, -0.25) is 0 Å². The van der Waals surface area contributed by atoms with Crippen LogP contribution in [0.25, 0.3) is 10.9 Å². The third-order valence-electron chi connectivity index (χ3n) is 3.44. The van der Waals surface area contributed by atoms with Crippen LogP contribution in [0.2, 0.25) is 0 Å². The lowest BCUT2D eigenvalue weighted by Gasteiger charge is -2.08. The molecule has 0 atom stereocenters. The Kier molecular flexibility index (Phi) is 2.81. The normalized spacial score (nSPS) is 10.7. The summed E-state index contributed by atoms with van der Waals surface area (Å²) in [5.41, 5.74) is 1.84. The van der Waals surface area contributed by atoms with Crippen LogP contribution in [0.1, 0.15) is 11.4 Å². The maximum absolute atomic E-state index is 9.09. The van der Waals surface area contributed by atoms with Crippen LogP contribution >= 0.6 is 0 Å². The smallest absolute Gasteiger partial charge is 0.105 e. The number of nitriles is 1. The van der Waals surface area contributed by atoms with Crippen molar-refractivity contribution in [2.75, 3.05) is 0 Å². The van der Waals surface area contributed by atoms with Gasteiger partial charge in [0.2, 0.25) is 0 Å². The van der Waals surface area contributed by atoms with Gasteiger partial charge in [-0.15, -0.1) is 0 Å². The van der Waals surface area contributed by atoms with Crippen molar-refractivity contribution in [1.82, 2.24) is 14.1 Å². The minimum atomic E-state index is 0.732. The molecule has 19 heavy (non-hydrogen) atoms. The monoisotopic (exact) mass is 250 g/mol. The van der Waals surface area contributed by atoms with Crippen molar-refractivity contribution in [2.45, 2.75) is 20.0 Å². The van der Waals surface area contributed by atoms with Crippen LogP contribution in [-0.4, -0.2) is 14.1 Å². The molecule has 0 amide bonds. The first-order valence-corrected chi connectivity index (χ1v) is 6.25. The van der Waals surface area contributed by atoms with Crippen molar-refractivity contribution >= 4 is 10.9 Å². The van der Waals surface area contributed by atoms with Crippen LogP contribution in [-0.2, 0) is 13.1 Å². The van der Waals surface area contributed by atoms with Crippen LogP contribution < -0.4 is 0 Å². The predicted octanol–water partition coefficient (Wildman–Crippen LogP) is 2.72. The second-order valence-electron chi connectivity index (χ2n) is 4.53. The molecule has 0 aliphatic carbocycles. The lowest BCUT2D eigenvalue weighted by Crippen LogP contribution is -2.07. The highest BCUT2D eigenvalue weighted by Gasteiger charge is 2.05. The first-order valence-electron chi connectivity index (χ1n) is 6.25. The molecule has 0 fully saturated rings. The quantitative estimate of drug-likeness (QED) is 0.717. The number of aromatic nitrogens is 3. The van der Waals surface area contributed by atoms with E-state index in [2.05, 4.69) is 26.3 Å². The second-order valence-corrected chi connectivity index (χ2v) is 4.53. The summed E-state index contributed by atoms with van der Waals surface area (Å²) < 4.78 is 4.30. The summed E-state index contributed by atoms with van der Waals surface area (Å²) >= 11 is 0. The molecule has 0 saturated heterocycles. The highest BCUT2D eigenvalue weighted by atomic mass is 15.1. The fourth-order valence-corrected chi connectivity index (χ4v) is 2.37. The fourth-order valence-electron chi connectivity index (χ4n) is 2.37. The Morgan fingerprint density at radius 3 is 2.74 bits per heavy atom. The van der Waals surface area contributed by atoms with Crippen LogP contribution in [0.4, 0.5) is 0 Å². The molecule has 2 heterocycles. The third-order valence-corrected chi connectivity index (χ3v) is 3.44. The van der Waals surface area contributed by atoms with E-state index in [9.17, 15) is 0 Å². The third kappa shape index (κ3) is 2.00. The zero-order chi connectivity index (χ0) is 13.2. The van der Waals surface area contributed by atoms with Gasteiger partial charge in [0, 0.05) is 42.6 Å². The maximum Gasteiger partial charge on any atom is 0.105 e. The Labute approximate surface area is 111 Å². The highest BCUT2D eigenvalue weighted by molar-refractivity contribution is 5.85. The van der Waals surface area contributed by atoms with Gasteiger partial charge in [-0.05, 0) is 25.1 Å². The van der Waals surface area contributed by atoms with Crippen molar-refractivity contribution in [3.63, 3.8) is 0 Å². The molecule has 2 aromatic heterocycles. The van der Waals surface area contributed by atoms with E-state index in [1.165, 1.54) is 0 Å². The van der Waals surface area contributed by atoms with E-state index in [1.54, 1.807) is 0 Å². The molecule has 0 unspecified atom stereocenters. The highest BCUT2D eigenvalue weighted by Crippen LogP contribution is 2.19. The van der Waals surface area contributed by atoms with Gasteiger partial charge in [-0.1, -0.05) is 6.07 Å². The van der Waals surface area contributed by atoms with Crippen LogP contribution in [0, 0.1) is 18.3 Å². The largest absolute Gasteiger partial charge is 0.346 e. The zero-order valence-electron chi connectivity index (χ0n) is 10.7. The first kappa shape index (κ1) is 11.5. The molecule has 0 aliphatic rings. The Morgan fingerprint density at radius 2 is 2.00 bits per heavy atom. The molecule has 0 N–H and O–H groups in total. The molecule has 0 aliphatic heterocycles. The van der Waals surface area contributed by atoms with E-state index >= 15 is 0 Å². The van der Waals surface area contributed by atoms with Crippen molar-refractivity contribution in [3.05, 3.63) is 54.2 Å². The molecule has 3 aromatic rings. The maximum atomic E-state index is 9.09. The molecule has 94 valence electrons. The van der Waals surface area contributed by atoms with Gasteiger partial charge < -0.3 is 9.13 Å². The molecular formula is C15H14N4. The molecule has 1 aromatic carbocycles. The van der Waals surface area contributed by atoms with Crippen molar-refractivity contribution < 1.29 is 0 Å². The Bertz CT molecular complexity index is 758. The lowest BCUT2D eigenvalue weighted by molar-refractivity contribution is 0.580. The average molecular weight is 250 g/mol. The molecule has 4 heteroatoms. The van der Waals surface area contributed by atoms with Crippen molar-refractivity contribution in [2.24, 2.45) is 0 Å². The summed E-state index contributed by atoms with van der Waals surface area (Å²) in [5, 5.41) is 10.1. The van der Waals surface area contributed by atoms with Crippen molar-refractivity contribution in [3.8, 4) is 6.07 Å². The van der Waals surface area contributed by atoms with E-state index in [0.29, 0.717) is 0 Å². The SMILES string of the molecule is Cc1nccn1CCn1ccc2c(C#N)cccc21. The number of aryl methyl sites for hydroxylation is 3. The minimum absolute atomic E-state index is 0.732. The predicted molar refractivity (Wildman–Crippen MR) is 73.6 cm³/mol. The molecule has 0 bridgehead atoms. The van der Waals surface area contributed by atoms with Gasteiger partial charge in [0.05, 0.1) is 11.6 Å². The molecule has 0 spiro atoms. The number of benzene rings is 1. The Hall–Kier alpha value is -2.54. The number of nitrogens with zero attached hydrogens (tertiary/aromatic N) is 4. The van der Waals surface area contributed by atoms with Gasteiger partial charge in [-0.25, -0.2) is 4.98 Å². The average Bonchev–Trinajstić information content (AvgIpc) is 3.02. The second kappa shape index (κ2) is 4.62. The lowest BCUT2D eigenvalue weighted by atomic mass is 10.1. The zero-order valence-corrected chi connectivity index (χ0v) is 10.7. The van der Waals surface area contributed by atoms with Crippen LogP contribution in [0.5, 0.6) is 0 Å². The molecular weight excluding hydrogens is 236 g/mol. The number of rotatable bonds is 3. The van der Waals surface area contributed by atoms with E-state index in [0.717, 1.165) is 35.4 Å². The van der Waals surface area contributed by atoms with E-state index < -0.39 is 0 Å². The number of hydrogen-bond donors (Lipinski definition) is 0. The van der Waals surface area contributed by atoms with Gasteiger partial charge in [0.25, 0.3) is 0 Å². The number of hydrogen-bond acceptors (Lipinski definition) is 2. The fraction of sp³-hybridized carbons (Fsp3) is 0.200. The van der Waals surface area contributed by atoms with E-state index in [-0.39, 0.29) is 0 Å². The minimum Gasteiger partial charge on any atom is -0.346 e. The molecule has 0 radical (unpaired) electrons. The van der Waals surface area contributed by atoms with E-state index in [1.807, 2.05) is 43.7 Å². The standard InChI is InChI=1S/C15H14N4/c1-12-17-6-8-18(12)9-10-19-7-5-14-13(11-16)3-2-4-15(14)19/h2-8H,9-10H2,1H3. The number of fused-ring (bicyclic) bond motifs is 1. The van der Waals surface area contributed by atoms with Crippen molar-refractivity contribution in [1.29, 1.82) is 5.26 Å².